The van der Waals surface area contributed by atoms with Gasteiger partial charge in [-0.2, -0.15) is 0 Å². The summed E-state index contributed by atoms with van der Waals surface area (Å²) >= 11 is 0. The normalized spacial score (nSPS) is 11.3. The van der Waals surface area contributed by atoms with Gasteiger partial charge in [0, 0.05) is 16.8 Å². The summed E-state index contributed by atoms with van der Waals surface area (Å²) in [5.41, 5.74) is 6.41. The van der Waals surface area contributed by atoms with Gasteiger partial charge in [0.25, 0.3) is 0 Å². The third-order valence-electron chi connectivity index (χ3n) is 4.76. The van der Waals surface area contributed by atoms with Gasteiger partial charge in [0.15, 0.2) is 0 Å². The van der Waals surface area contributed by atoms with Crippen molar-refractivity contribution in [1.82, 2.24) is 0 Å². The highest BCUT2D eigenvalue weighted by Gasteiger charge is 2.19. The van der Waals surface area contributed by atoms with E-state index in [2.05, 4.69) is 88.1 Å². The third kappa shape index (κ3) is 4.72. The summed E-state index contributed by atoms with van der Waals surface area (Å²) in [6.07, 6.45) is 3.15. The van der Waals surface area contributed by atoms with Crippen molar-refractivity contribution < 1.29 is 0 Å². The molecule has 0 heterocycles. The zero-order valence-electron chi connectivity index (χ0n) is 14.9. The van der Waals surface area contributed by atoms with Crippen LogP contribution in [0.4, 0.5) is 5.69 Å². The lowest BCUT2D eigenvalue weighted by molar-refractivity contribution is 0.434. The molecule has 0 spiro atoms. The summed E-state index contributed by atoms with van der Waals surface area (Å²) in [7, 11) is 0. The topological polar surface area (TPSA) is 12.0 Å². The van der Waals surface area contributed by atoms with Crippen LogP contribution in [0.3, 0.4) is 0 Å². The molecule has 0 aliphatic carbocycles. The fourth-order valence-electron chi connectivity index (χ4n) is 2.46. The lowest BCUT2D eigenvalue weighted by Crippen LogP contribution is -2.18. The molecule has 1 heteroatoms. The van der Waals surface area contributed by atoms with Gasteiger partial charge in [-0.15, -0.1) is 0 Å². The molecule has 2 aromatic carbocycles. The maximum Gasteiger partial charge on any atom is 0.0381 e. The van der Waals surface area contributed by atoms with Crippen molar-refractivity contribution in [3.63, 3.8) is 0 Å². The summed E-state index contributed by atoms with van der Waals surface area (Å²) in [4.78, 5) is 0. The van der Waals surface area contributed by atoms with Gasteiger partial charge >= 0.3 is 0 Å². The Balaban J connectivity index is 2.03. The second-order valence-corrected chi connectivity index (χ2v) is 6.89. The van der Waals surface area contributed by atoms with Crippen molar-refractivity contribution in [3.8, 4) is 0 Å². The minimum Gasteiger partial charge on any atom is -0.359 e. The minimum absolute atomic E-state index is 0.110. The molecule has 0 unspecified atom stereocenters. The van der Waals surface area contributed by atoms with Gasteiger partial charge in [-0.05, 0) is 48.1 Å². The van der Waals surface area contributed by atoms with Crippen LogP contribution in [-0.2, 0) is 12.8 Å². The maximum absolute atomic E-state index is 4.19. The van der Waals surface area contributed by atoms with Crippen LogP contribution < -0.4 is 5.32 Å². The number of hydrogen-bond acceptors (Lipinski definition) is 1. The van der Waals surface area contributed by atoms with E-state index in [0.717, 1.165) is 30.6 Å². The SMILES string of the molecule is C=C(Nc1ccc(Cc2cccc(CC)c2)cc1)C(C)(C)CC. The monoisotopic (exact) mass is 307 g/mol. The summed E-state index contributed by atoms with van der Waals surface area (Å²) in [6.45, 7) is 13.0. The number of hydrogen-bond donors (Lipinski definition) is 1. The van der Waals surface area contributed by atoms with Crippen LogP contribution in [0.2, 0.25) is 0 Å². The highest BCUT2D eigenvalue weighted by atomic mass is 14.9. The summed E-state index contributed by atoms with van der Waals surface area (Å²) in [5, 5.41) is 3.45. The summed E-state index contributed by atoms with van der Waals surface area (Å²) in [5.74, 6) is 0. The van der Waals surface area contributed by atoms with Crippen LogP contribution in [0.15, 0.2) is 60.8 Å². The van der Waals surface area contributed by atoms with Gasteiger partial charge in [-0.25, -0.2) is 0 Å². The first-order valence-electron chi connectivity index (χ1n) is 8.57. The van der Waals surface area contributed by atoms with Gasteiger partial charge < -0.3 is 5.32 Å². The average molecular weight is 307 g/mol. The predicted molar refractivity (Wildman–Crippen MR) is 102 cm³/mol. The van der Waals surface area contributed by atoms with Gasteiger partial charge in [-0.1, -0.05) is 70.7 Å². The van der Waals surface area contributed by atoms with E-state index in [4.69, 9.17) is 0 Å². The van der Waals surface area contributed by atoms with Crippen molar-refractivity contribution in [2.75, 3.05) is 5.32 Å². The van der Waals surface area contributed by atoms with Crippen LogP contribution in [0.1, 0.15) is 50.8 Å². The van der Waals surface area contributed by atoms with E-state index in [0.29, 0.717) is 0 Å². The number of nitrogens with one attached hydrogen (secondary N) is 1. The number of anilines is 1. The van der Waals surface area contributed by atoms with Gasteiger partial charge in [0.1, 0.15) is 0 Å². The first-order valence-corrected chi connectivity index (χ1v) is 8.57. The van der Waals surface area contributed by atoms with E-state index in [1.54, 1.807) is 0 Å². The fourth-order valence-corrected chi connectivity index (χ4v) is 2.46. The Morgan fingerprint density at radius 2 is 1.61 bits per heavy atom. The molecule has 0 aliphatic rings. The Hall–Kier alpha value is -2.02. The third-order valence-corrected chi connectivity index (χ3v) is 4.76. The zero-order valence-corrected chi connectivity index (χ0v) is 14.9. The molecule has 0 fully saturated rings. The molecule has 0 saturated carbocycles. The van der Waals surface area contributed by atoms with E-state index in [1.807, 2.05) is 0 Å². The quantitative estimate of drug-likeness (QED) is 0.642. The second-order valence-electron chi connectivity index (χ2n) is 6.89. The largest absolute Gasteiger partial charge is 0.359 e. The Morgan fingerprint density at radius 1 is 0.957 bits per heavy atom. The molecule has 0 aromatic heterocycles. The molecule has 2 aromatic rings. The lowest BCUT2D eigenvalue weighted by atomic mass is 9.87. The molecule has 0 bridgehead atoms. The maximum atomic E-state index is 4.19. The standard InChI is InChI=1S/C22H29N/c1-6-18-9-8-10-20(15-18)16-19-11-13-21(14-12-19)23-17(3)22(4,5)7-2/h8-15,23H,3,6-7,16H2,1-2,4-5H3. The molecule has 0 saturated heterocycles. The molecule has 1 nitrogen and oxygen atoms in total. The average Bonchev–Trinajstić information content (AvgIpc) is 2.56. The molecular formula is C22H29N. The van der Waals surface area contributed by atoms with E-state index >= 15 is 0 Å². The van der Waals surface area contributed by atoms with Crippen molar-refractivity contribution in [2.24, 2.45) is 5.41 Å². The van der Waals surface area contributed by atoms with E-state index in [9.17, 15) is 0 Å². The molecule has 0 amide bonds. The van der Waals surface area contributed by atoms with Crippen LogP contribution in [0, 0.1) is 5.41 Å². The van der Waals surface area contributed by atoms with Gasteiger partial charge in [0.05, 0.1) is 0 Å². The molecule has 122 valence electrons. The number of allylic oxidation sites excluding steroid dienone is 1. The van der Waals surface area contributed by atoms with Crippen molar-refractivity contribution in [3.05, 3.63) is 77.5 Å². The zero-order chi connectivity index (χ0) is 16.9. The molecule has 2 rings (SSSR count). The first-order chi connectivity index (χ1) is 10.9. The molecule has 0 atom stereocenters. The van der Waals surface area contributed by atoms with E-state index in [1.165, 1.54) is 16.7 Å². The van der Waals surface area contributed by atoms with Gasteiger partial charge in [-0.3, -0.25) is 0 Å². The number of aryl methyl sites for hydroxylation is 1. The van der Waals surface area contributed by atoms with E-state index < -0.39 is 0 Å². The number of rotatable bonds is 7. The molecule has 0 radical (unpaired) electrons. The van der Waals surface area contributed by atoms with Gasteiger partial charge in [0.2, 0.25) is 0 Å². The van der Waals surface area contributed by atoms with Crippen LogP contribution >= 0.6 is 0 Å². The van der Waals surface area contributed by atoms with Crippen LogP contribution in [-0.4, -0.2) is 0 Å². The second kappa shape index (κ2) is 7.50. The highest BCUT2D eigenvalue weighted by Crippen LogP contribution is 2.29. The molecule has 1 N–H and O–H groups in total. The summed E-state index contributed by atoms with van der Waals surface area (Å²) < 4.78 is 0. The fraction of sp³-hybridized carbons (Fsp3) is 0.364. The molecule has 23 heavy (non-hydrogen) atoms. The molecular weight excluding hydrogens is 278 g/mol. The highest BCUT2D eigenvalue weighted by molar-refractivity contribution is 5.50. The Labute approximate surface area is 141 Å². The van der Waals surface area contributed by atoms with Crippen LogP contribution in [0.25, 0.3) is 0 Å². The molecule has 0 aliphatic heterocycles. The van der Waals surface area contributed by atoms with Crippen molar-refractivity contribution in [2.45, 2.75) is 47.0 Å². The van der Waals surface area contributed by atoms with Crippen molar-refractivity contribution in [1.29, 1.82) is 0 Å². The summed E-state index contributed by atoms with van der Waals surface area (Å²) in [6, 6.07) is 17.6. The van der Waals surface area contributed by atoms with E-state index in [-0.39, 0.29) is 5.41 Å². The minimum atomic E-state index is 0.110. The Bertz CT molecular complexity index is 650. The smallest absolute Gasteiger partial charge is 0.0381 e. The first kappa shape index (κ1) is 17.3. The Morgan fingerprint density at radius 3 is 2.22 bits per heavy atom. The Kier molecular flexibility index (Phi) is 5.65. The number of benzene rings is 2. The van der Waals surface area contributed by atoms with Crippen LogP contribution in [0.5, 0.6) is 0 Å². The predicted octanol–water partition coefficient (Wildman–Crippen LogP) is 6.20. The lowest BCUT2D eigenvalue weighted by Gasteiger charge is -2.26. The van der Waals surface area contributed by atoms with Crippen molar-refractivity contribution >= 4 is 5.69 Å².